The Morgan fingerprint density at radius 2 is 1.97 bits per heavy atom. The van der Waals surface area contributed by atoms with Crippen LogP contribution in [0, 0.1) is 27.9 Å². The van der Waals surface area contributed by atoms with Gasteiger partial charge in [-0.1, -0.05) is 31.5 Å². The van der Waals surface area contributed by atoms with Crippen LogP contribution in [0.25, 0.3) is 10.9 Å². The molecule has 2 bridgehead atoms. The molecule has 0 spiro atoms. The predicted molar refractivity (Wildman–Crippen MR) is 143 cm³/mol. The first kappa shape index (κ1) is 24.8. The van der Waals surface area contributed by atoms with Crippen LogP contribution >= 0.6 is 0 Å². The highest BCUT2D eigenvalue weighted by atomic mass is 16.6. The van der Waals surface area contributed by atoms with Crippen molar-refractivity contribution in [2.45, 2.75) is 32.2 Å². The first-order valence-corrected chi connectivity index (χ1v) is 12.6. The molecule has 1 saturated heterocycles. The van der Waals surface area contributed by atoms with E-state index in [0.717, 1.165) is 46.4 Å². The number of aromatic amines is 1. The van der Waals surface area contributed by atoms with E-state index in [2.05, 4.69) is 46.2 Å². The van der Waals surface area contributed by atoms with E-state index in [9.17, 15) is 14.9 Å². The molecule has 2 heterocycles. The second-order valence-corrected chi connectivity index (χ2v) is 9.96. The number of nitrogens with one attached hydrogen (secondary N) is 1. The molecule has 0 amide bonds. The van der Waals surface area contributed by atoms with Gasteiger partial charge < -0.3 is 14.6 Å². The maximum atomic E-state index is 13.2. The standard InChI is InChI=1S/C28H31N5O4/c1-4-18-16-32(2)25-14-22-20-7-5-6-8-23(20)30-27(22)24(13-21(18)26(25)28(34)37-3)31-29-15-17-9-11-19(12-10-17)33(35)36/h5-12,15,18,21,25-26,30H,4,13-14,16H2,1-3H3/b29-15-,31-24+/t18-,21-,25+,26-/m1/s1. The Hall–Kier alpha value is -3.85. The second-order valence-electron chi connectivity index (χ2n) is 9.96. The van der Waals surface area contributed by atoms with Gasteiger partial charge in [-0.3, -0.25) is 14.9 Å². The predicted octanol–water partition coefficient (Wildman–Crippen LogP) is 4.59. The molecule has 1 aliphatic heterocycles. The Morgan fingerprint density at radius 1 is 1.22 bits per heavy atom. The van der Waals surface area contributed by atoms with Gasteiger partial charge in [-0.15, -0.1) is 0 Å². The number of nitrogens with zero attached hydrogens (tertiary/aromatic N) is 4. The summed E-state index contributed by atoms with van der Waals surface area (Å²) >= 11 is 0. The number of methoxy groups -OCH3 is 1. The van der Waals surface area contributed by atoms with Gasteiger partial charge in [0.25, 0.3) is 5.69 Å². The van der Waals surface area contributed by atoms with Crippen LogP contribution in [0.2, 0.25) is 0 Å². The van der Waals surface area contributed by atoms with Crippen molar-refractivity contribution in [2.75, 3.05) is 20.7 Å². The number of rotatable bonds is 5. The minimum absolute atomic E-state index is 0.0301. The number of hydrogen-bond acceptors (Lipinski definition) is 7. The van der Waals surface area contributed by atoms with Gasteiger partial charge in [0.2, 0.25) is 0 Å². The van der Waals surface area contributed by atoms with Crippen molar-refractivity contribution >= 4 is 34.5 Å². The summed E-state index contributed by atoms with van der Waals surface area (Å²) in [6.07, 6.45) is 3.85. The minimum atomic E-state index is -0.427. The molecule has 192 valence electrons. The fraction of sp³-hybridized carbons (Fsp3) is 0.393. The molecule has 0 unspecified atom stereocenters. The molecule has 1 fully saturated rings. The van der Waals surface area contributed by atoms with E-state index in [1.165, 1.54) is 19.2 Å². The largest absolute Gasteiger partial charge is 0.469 e. The molecule has 1 aliphatic carbocycles. The Morgan fingerprint density at radius 3 is 2.68 bits per heavy atom. The first-order valence-electron chi connectivity index (χ1n) is 12.6. The number of carbonyl (C=O) groups is 1. The van der Waals surface area contributed by atoms with E-state index in [-0.39, 0.29) is 29.5 Å². The van der Waals surface area contributed by atoms with E-state index in [1.807, 2.05) is 12.1 Å². The van der Waals surface area contributed by atoms with Crippen molar-refractivity contribution < 1.29 is 14.5 Å². The summed E-state index contributed by atoms with van der Waals surface area (Å²) in [6, 6.07) is 14.4. The SMILES string of the molecule is CC[C@@H]1CN(C)[C@H]2Cc3c([nH]c4ccccc34)/C(=N/N=C\c3ccc([N+](=O)[O-])cc3)C[C@H]1[C@H]2C(=O)OC. The number of aromatic nitrogens is 1. The third kappa shape index (κ3) is 4.67. The van der Waals surface area contributed by atoms with Crippen molar-refractivity contribution in [1.82, 2.24) is 9.88 Å². The lowest BCUT2D eigenvalue weighted by Gasteiger charge is -2.48. The van der Waals surface area contributed by atoms with Gasteiger partial charge in [-0.2, -0.15) is 10.2 Å². The quantitative estimate of drug-likeness (QED) is 0.238. The second kappa shape index (κ2) is 10.3. The summed E-state index contributed by atoms with van der Waals surface area (Å²) in [5.41, 5.74) is 4.69. The van der Waals surface area contributed by atoms with Crippen LogP contribution in [-0.2, 0) is 16.0 Å². The number of non-ortho nitro benzene ring substituents is 1. The lowest BCUT2D eigenvalue weighted by atomic mass is 9.67. The molecule has 4 atom stereocenters. The minimum Gasteiger partial charge on any atom is -0.469 e. The zero-order valence-electron chi connectivity index (χ0n) is 21.3. The van der Waals surface area contributed by atoms with E-state index in [4.69, 9.17) is 4.74 Å². The molecule has 37 heavy (non-hydrogen) atoms. The number of ether oxygens (including phenoxy) is 1. The molecule has 3 aromatic rings. The number of H-pyrrole nitrogens is 1. The third-order valence-corrected chi connectivity index (χ3v) is 8.00. The zero-order valence-corrected chi connectivity index (χ0v) is 21.3. The summed E-state index contributed by atoms with van der Waals surface area (Å²) in [4.78, 5) is 29.6. The van der Waals surface area contributed by atoms with Crippen LogP contribution < -0.4 is 0 Å². The van der Waals surface area contributed by atoms with E-state index in [0.29, 0.717) is 18.8 Å². The van der Waals surface area contributed by atoms with Gasteiger partial charge in [0, 0.05) is 35.6 Å². The zero-order chi connectivity index (χ0) is 26.1. The van der Waals surface area contributed by atoms with Gasteiger partial charge >= 0.3 is 5.97 Å². The number of esters is 1. The number of likely N-dealkylation sites (tertiary alicyclic amines) is 1. The van der Waals surface area contributed by atoms with E-state index in [1.54, 1.807) is 18.3 Å². The van der Waals surface area contributed by atoms with Gasteiger partial charge in [-0.05, 0) is 61.1 Å². The molecule has 9 nitrogen and oxygen atoms in total. The van der Waals surface area contributed by atoms with Crippen LogP contribution in [0.3, 0.4) is 0 Å². The highest BCUT2D eigenvalue weighted by Gasteiger charge is 2.48. The van der Waals surface area contributed by atoms with Gasteiger partial charge in [0.05, 0.1) is 35.6 Å². The van der Waals surface area contributed by atoms with Crippen LogP contribution in [0.4, 0.5) is 5.69 Å². The Bertz CT molecular complexity index is 1380. The smallest absolute Gasteiger partial charge is 0.310 e. The van der Waals surface area contributed by atoms with Crippen LogP contribution in [0.5, 0.6) is 0 Å². The average molecular weight is 502 g/mol. The number of fused-ring (bicyclic) bond motifs is 5. The van der Waals surface area contributed by atoms with Crippen molar-refractivity contribution in [3.05, 3.63) is 75.5 Å². The maximum absolute atomic E-state index is 13.2. The molecular formula is C28H31N5O4. The summed E-state index contributed by atoms with van der Waals surface area (Å²) in [5.74, 6) is -0.0388. The van der Waals surface area contributed by atoms with Crippen LogP contribution in [-0.4, -0.2) is 59.4 Å². The van der Waals surface area contributed by atoms with Crippen molar-refractivity contribution in [1.29, 1.82) is 0 Å². The number of para-hydroxylation sites is 1. The molecular weight excluding hydrogens is 470 g/mol. The molecule has 5 rings (SSSR count). The lowest BCUT2D eigenvalue weighted by Crippen LogP contribution is -2.56. The Kier molecular flexibility index (Phi) is 6.88. The number of hydrogen-bond donors (Lipinski definition) is 1. The average Bonchev–Trinajstić information content (AvgIpc) is 3.26. The summed E-state index contributed by atoms with van der Waals surface area (Å²) in [7, 11) is 3.58. The molecule has 9 heteroatoms. The number of carbonyl (C=O) groups excluding carboxylic acids is 1. The number of nitro groups is 1. The van der Waals surface area contributed by atoms with Crippen LogP contribution in [0.1, 0.15) is 36.6 Å². The van der Waals surface area contributed by atoms with Gasteiger partial charge in [-0.25, -0.2) is 0 Å². The fourth-order valence-corrected chi connectivity index (χ4v) is 6.10. The van der Waals surface area contributed by atoms with Gasteiger partial charge in [0.15, 0.2) is 0 Å². The molecule has 2 aliphatic rings. The fourth-order valence-electron chi connectivity index (χ4n) is 6.10. The lowest BCUT2D eigenvalue weighted by molar-refractivity contribution is -0.384. The number of benzene rings is 2. The van der Waals surface area contributed by atoms with Crippen molar-refractivity contribution in [2.24, 2.45) is 28.0 Å². The number of piperidine rings is 1. The topological polar surface area (TPSA) is 113 Å². The first-order chi connectivity index (χ1) is 17.9. The Balaban J connectivity index is 1.61. The highest BCUT2D eigenvalue weighted by Crippen LogP contribution is 2.43. The molecule has 2 aromatic carbocycles. The van der Waals surface area contributed by atoms with Crippen molar-refractivity contribution in [3.8, 4) is 0 Å². The monoisotopic (exact) mass is 501 g/mol. The van der Waals surface area contributed by atoms with E-state index >= 15 is 0 Å². The number of nitro benzene ring substituents is 1. The summed E-state index contributed by atoms with van der Waals surface area (Å²) in [5, 5.41) is 21.1. The highest BCUT2D eigenvalue weighted by molar-refractivity contribution is 6.06. The molecule has 0 saturated carbocycles. The summed E-state index contributed by atoms with van der Waals surface area (Å²) < 4.78 is 5.33. The maximum Gasteiger partial charge on any atom is 0.310 e. The molecule has 1 N–H and O–H groups in total. The molecule has 1 aromatic heterocycles. The van der Waals surface area contributed by atoms with Crippen LogP contribution in [0.15, 0.2) is 58.7 Å². The third-order valence-electron chi connectivity index (χ3n) is 8.00. The normalized spacial score (nSPS) is 25.1. The summed E-state index contributed by atoms with van der Waals surface area (Å²) in [6.45, 7) is 3.08. The van der Waals surface area contributed by atoms with E-state index < -0.39 is 4.92 Å². The molecule has 0 radical (unpaired) electrons. The van der Waals surface area contributed by atoms with Crippen molar-refractivity contribution in [3.63, 3.8) is 0 Å². The Labute approximate surface area is 215 Å². The number of likely N-dealkylation sites (N-methyl/N-ethyl adjacent to an activating group) is 1. The van der Waals surface area contributed by atoms with Gasteiger partial charge in [0.1, 0.15) is 0 Å².